The van der Waals surface area contributed by atoms with Crippen molar-refractivity contribution in [2.75, 3.05) is 31.6 Å². The molecule has 6 nitrogen and oxygen atoms in total. The first-order valence-electron chi connectivity index (χ1n) is 9.11. The van der Waals surface area contributed by atoms with Crippen LogP contribution in [-0.2, 0) is 11.2 Å². The number of nitrogens with zero attached hydrogens (tertiary/aromatic N) is 3. The van der Waals surface area contributed by atoms with Crippen molar-refractivity contribution in [2.24, 2.45) is 0 Å². The largest absolute Gasteiger partial charge is 0.497 e. The molecule has 4 rings (SSSR count). The molecule has 3 heterocycles. The third-order valence-electron chi connectivity index (χ3n) is 5.18. The van der Waals surface area contributed by atoms with E-state index in [0.29, 0.717) is 18.1 Å². The molecular weight excluding hydrogens is 366 g/mol. The number of aromatic nitrogens is 1. The second-order valence-corrected chi connectivity index (χ2v) is 7.31. The number of aryl methyl sites for hydroxylation is 1. The van der Waals surface area contributed by atoms with Crippen molar-refractivity contribution in [3.63, 3.8) is 0 Å². The van der Waals surface area contributed by atoms with E-state index >= 15 is 0 Å². The van der Waals surface area contributed by atoms with Crippen LogP contribution in [0.25, 0.3) is 0 Å². The lowest BCUT2D eigenvalue weighted by Gasteiger charge is -2.23. The van der Waals surface area contributed by atoms with Crippen LogP contribution in [0.15, 0.2) is 42.6 Å². The zero-order chi connectivity index (χ0) is 18.8. The topological polar surface area (TPSA) is 54.9 Å². The van der Waals surface area contributed by atoms with Crippen LogP contribution in [0.5, 0.6) is 5.75 Å². The Kier molecular flexibility index (Phi) is 5.07. The van der Waals surface area contributed by atoms with E-state index in [4.69, 9.17) is 21.1 Å². The molecule has 0 radical (unpaired) electrons. The number of hydrogen-bond donors (Lipinski definition) is 0. The summed E-state index contributed by atoms with van der Waals surface area (Å²) in [5.41, 5.74) is 1.23. The first kappa shape index (κ1) is 17.9. The molecule has 2 saturated heterocycles. The van der Waals surface area contributed by atoms with E-state index in [1.807, 2.05) is 29.2 Å². The number of halogens is 1. The summed E-state index contributed by atoms with van der Waals surface area (Å²) in [5, 5.41) is 0.615. The van der Waals surface area contributed by atoms with Gasteiger partial charge in [-0.2, -0.15) is 0 Å². The summed E-state index contributed by atoms with van der Waals surface area (Å²) in [5.74, 6) is 1.72. The Hall–Kier alpha value is -2.47. The minimum Gasteiger partial charge on any atom is -0.497 e. The molecule has 1 aromatic carbocycles. The van der Waals surface area contributed by atoms with Crippen molar-refractivity contribution in [1.82, 2.24) is 9.88 Å². The van der Waals surface area contributed by atoms with Crippen LogP contribution < -0.4 is 9.64 Å². The van der Waals surface area contributed by atoms with Gasteiger partial charge in [0.1, 0.15) is 17.7 Å². The van der Waals surface area contributed by atoms with E-state index in [9.17, 15) is 4.79 Å². The van der Waals surface area contributed by atoms with E-state index in [2.05, 4.69) is 22.0 Å². The third-order valence-corrected chi connectivity index (χ3v) is 5.41. The van der Waals surface area contributed by atoms with Crippen LogP contribution in [0.2, 0.25) is 5.02 Å². The maximum absolute atomic E-state index is 12.2. The number of amides is 1. The van der Waals surface area contributed by atoms with Crippen LogP contribution in [0, 0.1) is 0 Å². The Morgan fingerprint density at radius 3 is 2.74 bits per heavy atom. The Morgan fingerprint density at radius 1 is 1.22 bits per heavy atom. The van der Waals surface area contributed by atoms with Crippen LogP contribution in [0.1, 0.15) is 12.0 Å². The zero-order valence-corrected chi connectivity index (χ0v) is 15.9. The normalized spacial score (nSPS) is 21.3. The van der Waals surface area contributed by atoms with Crippen molar-refractivity contribution in [3.05, 3.63) is 53.2 Å². The second-order valence-electron chi connectivity index (χ2n) is 6.87. The molecule has 2 aliphatic rings. The number of pyridine rings is 1. The predicted molar refractivity (Wildman–Crippen MR) is 104 cm³/mol. The van der Waals surface area contributed by atoms with Crippen LogP contribution in [-0.4, -0.2) is 54.9 Å². The number of anilines is 1. The number of hydrogen-bond acceptors (Lipinski definition) is 5. The molecule has 0 saturated carbocycles. The zero-order valence-electron chi connectivity index (χ0n) is 15.2. The highest BCUT2D eigenvalue weighted by molar-refractivity contribution is 6.30. The highest BCUT2D eigenvalue weighted by atomic mass is 35.5. The maximum atomic E-state index is 12.2. The van der Waals surface area contributed by atoms with Gasteiger partial charge in [-0.05, 0) is 42.7 Å². The summed E-state index contributed by atoms with van der Waals surface area (Å²) in [6.45, 7) is 2.08. The molecule has 1 amide bonds. The van der Waals surface area contributed by atoms with Gasteiger partial charge in [-0.15, -0.1) is 0 Å². The fraction of sp³-hybridized carbons (Fsp3) is 0.400. The molecule has 1 aromatic heterocycles. The van der Waals surface area contributed by atoms with Crippen molar-refractivity contribution in [2.45, 2.75) is 25.0 Å². The molecule has 0 aliphatic carbocycles. The van der Waals surface area contributed by atoms with Gasteiger partial charge in [0.15, 0.2) is 0 Å². The number of carbonyl (C=O) groups excluding carboxylic acids is 1. The third kappa shape index (κ3) is 3.81. The molecule has 27 heavy (non-hydrogen) atoms. The predicted octanol–water partition coefficient (Wildman–Crippen LogP) is 3.39. The van der Waals surface area contributed by atoms with E-state index in [-0.39, 0.29) is 18.2 Å². The lowest BCUT2D eigenvalue weighted by Crippen LogP contribution is -2.38. The molecule has 0 bridgehead atoms. The average Bonchev–Trinajstić information content (AvgIpc) is 3.21. The van der Waals surface area contributed by atoms with Crippen LogP contribution in [0.4, 0.5) is 10.6 Å². The fourth-order valence-electron chi connectivity index (χ4n) is 3.75. The van der Waals surface area contributed by atoms with Crippen molar-refractivity contribution in [1.29, 1.82) is 0 Å². The second kappa shape index (κ2) is 7.64. The van der Waals surface area contributed by atoms with Gasteiger partial charge in [-0.3, -0.25) is 4.90 Å². The van der Waals surface area contributed by atoms with Gasteiger partial charge in [-0.1, -0.05) is 23.7 Å². The summed E-state index contributed by atoms with van der Waals surface area (Å²) in [7, 11) is 1.66. The highest BCUT2D eigenvalue weighted by Crippen LogP contribution is 2.30. The smallest absolute Gasteiger partial charge is 0.410 e. The molecule has 2 aliphatic heterocycles. The Morgan fingerprint density at radius 2 is 2.04 bits per heavy atom. The molecule has 0 spiro atoms. The molecule has 2 atom stereocenters. The Balaban J connectivity index is 1.34. The molecular formula is C20H22ClN3O3. The van der Waals surface area contributed by atoms with Crippen molar-refractivity contribution < 1.29 is 14.3 Å². The van der Waals surface area contributed by atoms with Gasteiger partial charge >= 0.3 is 6.09 Å². The molecule has 2 aromatic rings. The standard InChI is InChI=1S/C20H22ClN3O3/c1-26-16-7-4-14(5-8-16)3-2-10-24-17-12-23(13-18(17)27-20(24)25)19-9-6-15(21)11-22-19/h4-9,11,17-18H,2-3,10,12-13H2,1H3/t17-,18+/m1/s1. The van der Waals surface area contributed by atoms with Gasteiger partial charge < -0.3 is 14.4 Å². The number of carbonyl (C=O) groups is 1. The minimum absolute atomic E-state index is 0.0749. The van der Waals surface area contributed by atoms with E-state index < -0.39 is 0 Å². The Bertz CT molecular complexity index is 797. The average molecular weight is 388 g/mol. The van der Waals surface area contributed by atoms with Gasteiger partial charge in [0, 0.05) is 19.3 Å². The summed E-state index contributed by atoms with van der Waals surface area (Å²) in [6.07, 6.45) is 3.14. The molecule has 0 N–H and O–H groups in total. The van der Waals surface area contributed by atoms with Crippen molar-refractivity contribution >= 4 is 23.5 Å². The summed E-state index contributed by atoms with van der Waals surface area (Å²) in [4.78, 5) is 20.6. The SMILES string of the molecule is COc1ccc(CCCN2C(=O)O[C@H]3CN(c4ccc(Cl)cn4)C[C@H]32)cc1. The number of fused-ring (bicyclic) bond motifs is 1. The van der Waals surface area contributed by atoms with E-state index in [1.54, 1.807) is 13.3 Å². The van der Waals surface area contributed by atoms with Gasteiger partial charge in [0.2, 0.25) is 0 Å². The van der Waals surface area contributed by atoms with E-state index in [0.717, 1.165) is 31.0 Å². The minimum atomic E-state index is -0.205. The summed E-state index contributed by atoms with van der Waals surface area (Å²) >= 11 is 5.92. The number of ether oxygens (including phenoxy) is 2. The van der Waals surface area contributed by atoms with Gasteiger partial charge in [0.05, 0.1) is 24.7 Å². The number of rotatable bonds is 6. The molecule has 0 unspecified atom stereocenters. The summed E-state index contributed by atoms with van der Waals surface area (Å²) in [6, 6.07) is 11.9. The number of methoxy groups -OCH3 is 1. The van der Waals surface area contributed by atoms with Crippen LogP contribution >= 0.6 is 11.6 Å². The maximum Gasteiger partial charge on any atom is 0.410 e. The lowest BCUT2D eigenvalue weighted by atomic mass is 10.1. The van der Waals surface area contributed by atoms with Gasteiger partial charge in [-0.25, -0.2) is 9.78 Å². The van der Waals surface area contributed by atoms with Crippen molar-refractivity contribution in [3.8, 4) is 5.75 Å². The molecule has 2 fully saturated rings. The first-order chi connectivity index (χ1) is 13.1. The monoisotopic (exact) mass is 387 g/mol. The van der Waals surface area contributed by atoms with E-state index in [1.165, 1.54) is 5.56 Å². The molecule has 142 valence electrons. The Labute approximate surface area is 163 Å². The number of benzene rings is 1. The quantitative estimate of drug-likeness (QED) is 0.760. The first-order valence-corrected chi connectivity index (χ1v) is 9.48. The van der Waals surface area contributed by atoms with Gasteiger partial charge in [0.25, 0.3) is 0 Å². The van der Waals surface area contributed by atoms with Crippen LogP contribution in [0.3, 0.4) is 0 Å². The summed E-state index contributed by atoms with van der Waals surface area (Å²) < 4.78 is 10.8. The molecule has 7 heteroatoms. The fourth-order valence-corrected chi connectivity index (χ4v) is 3.86. The highest BCUT2D eigenvalue weighted by Gasteiger charge is 2.47. The lowest BCUT2D eigenvalue weighted by molar-refractivity contribution is 0.135.